The van der Waals surface area contributed by atoms with E-state index in [-0.39, 0.29) is 81.4 Å². The van der Waals surface area contributed by atoms with E-state index in [1.165, 1.54) is 30.3 Å². The average Bonchev–Trinajstić information content (AvgIpc) is 1.61. The highest BCUT2D eigenvalue weighted by Crippen LogP contribution is 2.52. The molecule has 3 fully saturated rings. The quantitative estimate of drug-likeness (QED) is 0.104. The number of esters is 1. The summed E-state index contributed by atoms with van der Waals surface area (Å²) in [6.07, 6.45) is -0.647. The van der Waals surface area contributed by atoms with Crippen LogP contribution in [-0.2, 0) is 39.0 Å². The number of aliphatic carboxylic acids is 1. The molecule has 12 N–H and O–H groups in total. The minimum absolute atomic E-state index is 0.121. The Kier molecular flexibility index (Phi) is 29.3. The molecule has 0 unspecified atom stereocenters. The normalized spacial score (nSPS) is 37.6. The van der Waals surface area contributed by atoms with E-state index in [0.29, 0.717) is 19.3 Å². The Morgan fingerprint density at radius 2 is 1.28 bits per heavy atom. The summed E-state index contributed by atoms with van der Waals surface area (Å²) < 4.78 is 64.2. The first-order chi connectivity index (χ1) is 44.0. The Balaban J connectivity index is 1.10. The van der Waals surface area contributed by atoms with Crippen molar-refractivity contribution >= 4 is 23.8 Å². The van der Waals surface area contributed by atoms with Crippen molar-refractivity contribution in [3.63, 3.8) is 0 Å². The number of halogens is 3. The number of nitrogens with one attached hydrogen (secondary N) is 1. The predicted molar refractivity (Wildman–Crippen MR) is 331 cm³/mol. The number of carbonyl (C=O) groups is 4. The number of ether oxygens (including phenoxy) is 4. The van der Waals surface area contributed by atoms with Gasteiger partial charge < -0.3 is 85.3 Å². The van der Waals surface area contributed by atoms with Crippen molar-refractivity contribution in [3.05, 3.63) is 120 Å². The highest BCUT2D eigenvalue weighted by atomic mass is 19.4. The van der Waals surface area contributed by atoms with Crippen LogP contribution in [-0.4, -0.2) is 226 Å². The van der Waals surface area contributed by atoms with Gasteiger partial charge in [0.25, 0.3) is 5.91 Å². The van der Waals surface area contributed by atoms with Gasteiger partial charge in [-0.3, -0.25) is 24.1 Å². The molecule has 3 saturated heterocycles. The van der Waals surface area contributed by atoms with Crippen molar-refractivity contribution < 1.29 is 107 Å². The van der Waals surface area contributed by atoms with Gasteiger partial charge in [0.15, 0.2) is 12.1 Å². The smallest absolute Gasteiger partial charge is 0.442 e. The number of nitrogens with zero attached hydrogens (tertiary/aromatic N) is 4. The zero-order valence-electron chi connectivity index (χ0n) is 52.9. The van der Waals surface area contributed by atoms with Crippen LogP contribution in [0, 0.1) is 17.8 Å². The number of unbranched alkanes of at least 4 members (excludes halogenated alkanes) is 2. The number of aliphatic hydroxyl groups is 10. The zero-order chi connectivity index (χ0) is 68.2. The molecule has 93 heavy (non-hydrogen) atoms. The Labute approximate surface area is 539 Å². The standard InChI is InChI=1S/C66H94F3N5O19/c1-40-20-16-13-11-9-7-5-6-8-10-12-14-17-21-49(37-53-56(62(87)88)52(80)39-64(89,93-53)38-48(77)35-51(79)50(78)28-27-46(75)34-47(76)36-55(82)90-42(3)41(2)58(40)83)92-63-60(85)57(59(84)43(4)91-63)74-32-30-73(31-33-74)54(81)22-18-15-19-29-70-61(86)44-23-25-45(26-24-44)65(71-72-65)66(67,68)69/h5-14,16-17,20-21,23-26,40-43,46-53,56-60,63,75-80,83-85,89H,15,18-19,22,27-39H2,1-4H3,(H,70,86)(H,87,88)/b6-5+,9-7+,10-8+,13-11+,14-12+,20-16+,21-17+/t40-,41-,42-,43+,46+,47+,48-,49-,50+,51+,52-,53-,56+,57-,58+,59+,60-,63-,64+/m0/s1. The second-order valence-electron chi connectivity index (χ2n) is 24.9. The topological polar surface area (TPSA) is 371 Å². The number of benzene rings is 1. The molecule has 5 heterocycles. The number of carboxylic acid groups (broad SMARTS) is 1. The summed E-state index contributed by atoms with van der Waals surface area (Å²) in [6, 6.07) is 3.90. The lowest BCUT2D eigenvalue weighted by molar-refractivity contribution is -0.312. The largest absolute Gasteiger partial charge is 0.481 e. The number of hydrogen-bond donors (Lipinski definition) is 12. The number of fused-ring (bicyclic) bond motifs is 2. The maximum atomic E-state index is 13.4. The number of amides is 2. The average molecular weight is 1320 g/mol. The Morgan fingerprint density at radius 1 is 0.677 bits per heavy atom. The van der Waals surface area contributed by atoms with Crippen molar-refractivity contribution in [1.29, 1.82) is 0 Å². The summed E-state index contributed by atoms with van der Waals surface area (Å²) in [7, 11) is 0. The van der Waals surface area contributed by atoms with E-state index in [1.54, 1.807) is 98.6 Å². The van der Waals surface area contributed by atoms with Gasteiger partial charge in [0.1, 0.15) is 18.1 Å². The summed E-state index contributed by atoms with van der Waals surface area (Å²) in [6.45, 7) is 8.02. The number of alkyl halides is 3. The van der Waals surface area contributed by atoms with E-state index in [1.807, 2.05) is 17.9 Å². The molecule has 5 aliphatic rings. The first-order valence-electron chi connectivity index (χ1n) is 31.9. The molecule has 2 amide bonds. The molecule has 5 aliphatic heterocycles. The second-order valence-corrected chi connectivity index (χ2v) is 24.9. The molecule has 518 valence electrons. The van der Waals surface area contributed by atoms with E-state index >= 15 is 0 Å². The van der Waals surface area contributed by atoms with Crippen LogP contribution in [0.2, 0.25) is 0 Å². The number of allylic oxidation sites excluding steroid dienone is 12. The molecule has 0 radical (unpaired) electrons. The number of cyclic esters (lactones) is 1. The van der Waals surface area contributed by atoms with E-state index in [0.717, 1.165) is 0 Å². The lowest BCUT2D eigenvalue weighted by atomic mass is 9.82. The lowest BCUT2D eigenvalue weighted by Crippen LogP contribution is -2.66. The van der Waals surface area contributed by atoms with Crippen molar-refractivity contribution in [3.8, 4) is 0 Å². The van der Waals surface area contributed by atoms with Gasteiger partial charge in [-0.25, -0.2) is 0 Å². The van der Waals surface area contributed by atoms with E-state index < -0.39 is 171 Å². The zero-order valence-corrected chi connectivity index (χ0v) is 52.9. The number of rotatable bonds is 12. The molecular weight excluding hydrogens is 1220 g/mol. The van der Waals surface area contributed by atoms with Gasteiger partial charge >= 0.3 is 23.8 Å². The number of aliphatic hydroxyl groups excluding tert-OH is 9. The van der Waals surface area contributed by atoms with Crippen molar-refractivity contribution in [2.75, 3.05) is 32.7 Å². The van der Waals surface area contributed by atoms with E-state index in [4.69, 9.17) is 18.9 Å². The summed E-state index contributed by atoms with van der Waals surface area (Å²) in [5.41, 5.74) is -2.60. The summed E-state index contributed by atoms with van der Waals surface area (Å²) in [4.78, 5) is 55.1. The Hall–Kier alpha value is -5.89. The minimum Gasteiger partial charge on any atom is -0.481 e. The molecule has 19 atom stereocenters. The number of carboxylic acids is 1. The first-order valence-corrected chi connectivity index (χ1v) is 31.9. The Bertz CT molecular complexity index is 2810. The van der Waals surface area contributed by atoms with Crippen molar-refractivity contribution in [1.82, 2.24) is 15.1 Å². The molecule has 1 aromatic rings. The van der Waals surface area contributed by atoms with Crippen LogP contribution in [0.1, 0.15) is 121 Å². The summed E-state index contributed by atoms with van der Waals surface area (Å²) in [5, 5.41) is 131. The van der Waals surface area contributed by atoms with Gasteiger partial charge in [-0.05, 0) is 58.1 Å². The second kappa shape index (κ2) is 35.7. The number of hydrogen-bond acceptors (Lipinski definition) is 21. The SMILES string of the molecule is C[C@@H]1[C@H](O)[C@@H](C)/C=C/C=C/C=C/C=C/C=C/C=C/C=C/[C@H](O[C@@H]2O[C@H](C)[C@@H](O)[C@H](N3CCN(C(=O)CCCCCNC(=O)c4ccc(C5(C(F)(F)F)N=N5)cc4)CC3)[C@@H]2O)C[C@@H]2O[C@](O)(C[C@@H](O)C[C@@H](O)[C@H](O)CC[C@@H](O)C[C@@H](O)CC(=O)O[C@H]1C)C[C@H](O)[C@H]2C(=O)O. The third kappa shape index (κ3) is 22.6. The van der Waals surface area contributed by atoms with Crippen molar-refractivity contribution in [2.24, 2.45) is 28.0 Å². The Morgan fingerprint density at radius 3 is 1.87 bits per heavy atom. The van der Waals surface area contributed by atoms with Crippen LogP contribution in [0.15, 0.2) is 120 Å². The fourth-order valence-electron chi connectivity index (χ4n) is 12.0. The van der Waals surface area contributed by atoms with Crippen LogP contribution >= 0.6 is 0 Å². The molecular formula is C66H94F3N5O19. The molecule has 2 bridgehead atoms. The van der Waals surface area contributed by atoms with Gasteiger partial charge in [0.05, 0.1) is 79.6 Å². The third-order valence-corrected chi connectivity index (χ3v) is 17.6. The highest BCUT2D eigenvalue weighted by molar-refractivity contribution is 5.94. The van der Waals surface area contributed by atoms with Gasteiger partial charge in [-0.15, -0.1) is 10.2 Å². The third-order valence-electron chi connectivity index (χ3n) is 17.6. The maximum Gasteiger partial charge on any atom is 0.442 e. The molecule has 1 aromatic carbocycles. The molecule has 0 aromatic heterocycles. The first kappa shape index (κ1) is 76.1. The molecule has 27 heteroatoms. The van der Waals surface area contributed by atoms with Gasteiger partial charge in [-0.1, -0.05) is 117 Å². The van der Waals surface area contributed by atoms with Crippen LogP contribution < -0.4 is 5.32 Å². The van der Waals surface area contributed by atoms with Crippen LogP contribution in [0.3, 0.4) is 0 Å². The van der Waals surface area contributed by atoms with Crippen LogP contribution in [0.25, 0.3) is 0 Å². The molecule has 6 rings (SSSR count). The van der Waals surface area contributed by atoms with Crippen LogP contribution in [0.5, 0.6) is 0 Å². The maximum absolute atomic E-state index is 13.4. The molecule has 24 nitrogen and oxygen atoms in total. The van der Waals surface area contributed by atoms with E-state index in [9.17, 15) is 88.5 Å². The van der Waals surface area contributed by atoms with Crippen molar-refractivity contribution in [2.45, 2.75) is 214 Å². The van der Waals surface area contributed by atoms with E-state index in [2.05, 4.69) is 15.5 Å². The van der Waals surface area contributed by atoms with Crippen LogP contribution in [0.4, 0.5) is 13.2 Å². The molecule has 0 spiro atoms. The monoisotopic (exact) mass is 1320 g/mol. The van der Waals surface area contributed by atoms with Gasteiger partial charge in [0.2, 0.25) is 5.91 Å². The van der Waals surface area contributed by atoms with Gasteiger partial charge in [-0.2, -0.15) is 13.2 Å². The number of carbonyl (C=O) groups excluding carboxylic acids is 3. The fraction of sp³-hybridized carbons (Fsp3) is 0.636. The molecule has 0 aliphatic carbocycles. The summed E-state index contributed by atoms with van der Waals surface area (Å²) in [5.74, 6) is -7.70. The lowest BCUT2D eigenvalue weighted by Gasteiger charge is -2.49. The summed E-state index contributed by atoms with van der Waals surface area (Å²) >= 11 is 0. The minimum atomic E-state index is -4.69. The predicted octanol–water partition coefficient (Wildman–Crippen LogP) is 4.07. The molecule has 0 saturated carbocycles. The van der Waals surface area contributed by atoms with Gasteiger partial charge in [0, 0.05) is 87.8 Å². The fourth-order valence-corrected chi connectivity index (χ4v) is 12.0. The highest BCUT2D eigenvalue weighted by Gasteiger charge is 2.65. The number of piperazine rings is 1.